The first-order valence-corrected chi connectivity index (χ1v) is 6.72. The van der Waals surface area contributed by atoms with Crippen molar-refractivity contribution in [1.29, 1.82) is 5.26 Å². The molecule has 0 aliphatic rings. The summed E-state index contributed by atoms with van der Waals surface area (Å²) in [6.07, 6.45) is 1.43. The first-order chi connectivity index (χ1) is 10.7. The molecular formula is C13H12ClN7O. The summed E-state index contributed by atoms with van der Waals surface area (Å²) >= 11 is 6.08. The molecule has 0 atom stereocenters. The number of halogens is 1. The predicted octanol–water partition coefficient (Wildman–Crippen LogP) is 1.58. The van der Waals surface area contributed by atoms with Gasteiger partial charge in [0.05, 0.1) is 10.6 Å². The van der Waals surface area contributed by atoms with E-state index in [1.54, 1.807) is 18.2 Å². The van der Waals surface area contributed by atoms with Crippen LogP contribution in [0.1, 0.15) is 23.1 Å². The molecule has 0 bridgehead atoms. The number of H-pyrrole nitrogens is 1. The molecule has 0 fully saturated rings. The van der Waals surface area contributed by atoms with Gasteiger partial charge in [0.1, 0.15) is 11.6 Å². The van der Waals surface area contributed by atoms with Crippen molar-refractivity contribution in [2.45, 2.75) is 6.92 Å². The minimum Gasteiger partial charge on any atom is -0.360 e. The SMILES string of the molecule is CCNC(=O)c1ccc(NC=C(C#N)c2nn[nH]n2)cc1Cl. The number of carbonyl (C=O) groups excluding carboxylic acids is 1. The van der Waals surface area contributed by atoms with Crippen LogP contribution in [0.25, 0.3) is 5.57 Å². The standard InChI is InChI=1S/C13H12ClN7O/c1-2-16-13(22)10-4-3-9(5-11(10)14)17-7-8(6-15)12-18-20-21-19-12/h3-5,7,17H,2H2,1H3,(H,16,22)(H,18,19,20,21). The van der Waals surface area contributed by atoms with Crippen LogP contribution < -0.4 is 10.6 Å². The van der Waals surface area contributed by atoms with Gasteiger partial charge in [-0.1, -0.05) is 11.6 Å². The molecule has 1 heterocycles. The largest absolute Gasteiger partial charge is 0.360 e. The van der Waals surface area contributed by atoms with Gasteiger partial charge in [0.15, 0.2) is 0 Å². The molecule has 2 aromatic rings. The van der Waals surface area contributed by atoms with Crippen LogP contribution in [-0.4, -0.2) is 33.1 Å². The van der Waals surface area contributed by atoms with Gasteiger partial charge in [0, 0.05) is 18.4 Å². The van der Waals surface area contributed by atoms with Gasteiger partial charge < -0.3 is 10.6 Å². The number of nitriles is 1. The van der Waals surface area contributed by atoms with Gasteiger partial charge in [-0.3, -0.25) is 4.79 Å². The van der Waals surface area contributed by atoms with Crippen LogP contribution >= 0.6 is 11.6 Å². The topological polar surface area (TPSA) is 119 Å². The molecule has 0 unspecified atom stereocenters. The van der Waals surface area contributed by atoms with Crippen molar-refractivity contribution in [3.63, 3.8) is 0 Å². The number of carbonyl (C=O) groups is 1. The Morgan fingerprint density at radius 2 is 2.36 bits per heavy atom. The first kappa shape index (κ1) is 15.5. The smallest absolute Gasteiger partial charge is 0.252 e. The van der Waals surface area contributed by atoms with Gasteiger partial charge in [0.25, 0.3) is 5.91 Å². The van der Waals surface area contributed by atoms with Crippen LogP contribution in [0.15, 0.2) is 24.4 Å². The van der Waals surface area contributed by atoms with Crippen molar-refractivity contribution < 1.29 is 4.79 Å². The molecule has 0 saturated carbocycles. The molecule has 0 radical (unpaired) electrons. The number of aromatic amines is 1. The number of nitrogens with one attached hydrogen (secondary N) is 3. The maximum absolute atomic E-state index is 11.7. The van der Waals surface area contributed by atoms with Crippen molar-refractivity contribution >= 4 is 28.8 Å². The van der Waals surface area contributed by atoms with E-state index in [1.165, 1.54) is 6.20 Å². The Morgan fingerprint density at radius 3 is 2.95 bits per heavy atom. The Morgan fingerprint density at radius 1 is 1.55 bits per heavy atom. The van der Waals surface area contributed by atoms with Crippen molar-refractivity contribution in [2.24, 2.45) is 0 Å². The maximum atomic E-state index is 11.7. The molecule has 9 heteroatoms. The predicted molar refractivity (Wildman–Crippen MR) is 80.8 cm³/mol. The number of amides is 1. The minimum atomic E-state index is -0.237. The first-order valence-electron chi connectivity index (χ1n) is 6.34. The summed E-state index contributed by atoms with van der Waals surface area (Å²) in [5.74, 6) is -0.0563. The third kappa shape index (κ3) is 3.59. The monoisotopic (exact) mass is 317 g/mol. The molecule has 0 spiro atoms. The number of allylic oxidation sites excluding steroid dienone is 1. The lowest BCUT2D eigenvalue weighted by atomic mass is 10.2. The highest BCUT2D eigenvalue weighted by Crippen LogP contribution is 2.21. The highest BCUT2D eigenvalue weighted by Gasteiger charge is 2.10. The van der Waals surface area contributed by atoms with Crippen molar-refractivity contribution in [1.82, 2.24) is 25.9 Å². The average molecular weight is 318 g/mol. The van der Waals surface area contributed by atoms with Gasteiger partial charge in [-0.05, 0) is 30.3 Å². The average Bonchev–Trinajstić information content (AvgIpc) is 3.02. The minimum absolute atomic E-state index is 0.181. The normalized spacial score (nSPS) is 10.9. The number of anilines is 1. The van der Waals surface area contributed by atoms with Crippen LogP contribution in [-0.2, 0) is 0 Å². The molecule has 3 N–H and O–H groups in total. The summed E-state index contributed by atoms with van der Waals surface area (Å²) in [5.41, 5.74) is 1.21. The van der Waals surface area contributed by atoms with E-state index in [0.717, 1.165) is 0 Å². The Labute approximate surface area is 131 Å². The van der Waals surface area contributed by atoms with E-state index in [9.17, 15) is 4.79 Å². The molecule has 0 aliphatic carbocycles. The number of hydrogen-bond donors (Lipinski definition) is 3. The highest BCUT2D eigenvalue weighted by atomic mass is 35.5. The zero-order chi connectivity index (χ0) is 15.9. The summed E-state index contributed by atoms with van der Waals surface area (Å²) in [7, 11) is 0. The quantitative estimate of drug-likeness (QED) is 0.720. The fraction of sp³-hybridized carbons (Fsp3) is 0.154. The van der Waals surface area contributed by atoms with E-state index in [1.807, 2.05) is 13.0 Å². The number of benzene rings is 1. The number of tetrazole rings is 1. The molecule has 0 aliphatic heterocycles. The fourth-order valence-corrected chi connectivity index (χ4v) is 1.89. The van der Waals surface area contributed by atoms with Crippen LogP contribution in [0.3, 0.4) is 0 Å². The molecule has 1 amide bonds. The number of rotatable bonds is 5. The van der Waals surface area contributed by atoms with E-state index in [-0.39, 0.29) is 17.3 Å². The lowest BCUT2D eigenvalue weighted by molar-refractivity contribution is 0.0956. The number of aromatic nitrogens is 4. The van der Waals surface area contributed by atoms with Gasteiger partial charge in [-0.15, -0.1) is 10.2 Å². The molecule has 112 valence electrons. The third-order valence-corrected chi connectivity index (χ3v) is 2.95. The Bertz CT molecular complexity index is 733. The number of hydrogen-bond acceptors (Lipinski definition) is 6. The molecule has 1 aromatic carbocycles. The third-order valence-electron chi connectivity index (χ3n) is 2.64. The van der Waals surface area contributed by atoms with E-state index < -0.39 is 0 Å². The van der Waals surface area contributed by atoms with Crippen molar-refractivity contribution in [2.75, 3.05) is 11.9 Å². The summed E-state index contributed by atoms with van der Waals surface area (Å²) in [6, 6.07) is 6.82. The fourth-order valence-electron chi connectivity index (χ4n) is 1.62. The maximum Gasteiger partial charge on any atom is 0.252 e. The Hall–Kier alpha value is -2.92. The van der Waals surface area contributed by atoms with Crippen molar-refractivity contribution in [3.8, 4) is 6.07 Å². The van der Waals surface area contributed by atoms with Crippen LogP contribution in [0.2, 0.25) is 5.02 Å². The van der Waals surface area contributed by atoms with Gasteiger partial charge in [-0.25, -0.2) is 0 Å². The second-order valence-corrected chi connectivity index (χ2v) is 4.51. The lowest BCUT2D eigenvalue weighted by Crippen LogP contribution is -2.22. The molecule has 22 heavy (non-hydrogen) atoms. The zero-order valence-electron chi connectivity index (χ0n) is 11.6. The molecule has 0 saturated heterocycles. The molecular weight excluding hydrogens is 306 g/mol. The Kier molecular flexibility index (Phi) is 5.06. The van der Waals surface area contributed by atoms with E-state index >= 15 is 0 Å². The van der Waals surface area contributed by atoms with Gasteiger partial charge in [0.2, 0.25) is 5.82 Å². The van der Waals surface area contributed by atoms with Crippen LogP contribution in [0.4, 0.5) is 5.69 Å². The highest BCUT2D eigenvalue weighted by molar-refractivity contribution is 6.34. The van der Waals surface area contributed by atoms with Gasteiger partial charge >= 0.3 is 0 Å². The molecule has 8 nitrogen and oxygen atoms in total. The zero-order valence-corrected chi connectivity index (χ0v) is 12.3. The summed E-state index contributed by atoms with van der Waals surface area (Å²) in [6.45, 7) is 2.35. The second kappa shape index (κ2) is 7.19. The molecule has 1 aromatic heterocycles. The summed E-state index contributed by atoms with van der Waals surface area (Å²) < 4.78 is 0. The van der Waals surface area contributed by atoms with E-state index in [0.29, 0.717) is 22.8 Å². The van der Waals surface area contributed by atoms with Gasteiger partial charge in [-0.2, -0.15) is 10.5 Å². The summed E-state index contributed by atoms with van der Waals surface area (Å²) in [5, 5.41) is 28.0. The van der Waals surface area contributed by atoms with E-state index in [2.05, 4.69) is 31.3 Å². The molecule has 2 rings (SSSR count). The second-order valence-electron chi connectivity index (χ2n) is 4.10. The van der Waals surface area contributed by atoms with Crippen LogP contribution in [0.5, 0.6) is 0 Å². The van der Waals surface area contributed by atoms with E-state index in [4.69, 9.17) is 16.9 Å². The summed E-state index contributed by atoms with van der Waals surface area (Å²) in [4.78, 5) is 11.7. The lowest BCUT2D eigenvalue weighted by Gasteiger charge is -2.07. The number of nitrogens with zero attached hydrogens (tertiary/aromatic N) is 4. The van der Waals surface area contributed by atoms with Crippen molar-refractivity contribution in [3.05, 3.63) is 40.8 Å². The van der Waals surface area contributed by atoms with Crippen LogP contribution in [0, 0.1) is 11.3 Å². The Balaban J connectivity index is 2.16.